The van der Waals surface area contributed by atoms with E-state index in [-0.39, 0.29) is 11.8 Å². The Labute approximate surface area is 73.0 Å². The highest BCUT2D eigenvalue weighted by molar-refractivity contribution is 5.76. The molecule has 12 heavy (non-hydrogen) atoms. The predicted molar refractivity (Wildman–Crippen MR) is 48.5 cm³/mol. The summed E-state index contributed by atoms with van der Waals surface area (Å²) in [6.45, 7) is 3.84. The third-order valence-electron chi connectivity index (χ3n) is 2.21. The normalized spacial score (nSPS) is 19.9. The molecule has 1 aliphatic rings. The van der Waals surface area contributed by atoms with Gasteiger partial charge in [-0.15, -0.1) is 0 Å². The lowest BCUT2D eigenvalue weighted by Gasteiger charge is -2.15. The van der Waals surface area contributed by atoms with Crippen molar-refractivity contribution in [3.05, 3.63) is 11.6 Å². The van der Waals surface area contributed by atoms with Crippen LogP contribution in [-0.2, 0) is 4.79 Å². The average Bonchev–Trinajstić information content (AvgIpc) is 2.06. The molecular weight excluding hydrogens is 152 g/mol. The molecule has 0 saturated carbocycles. The van der Waals surface area contributed by atoms with Crippen molar-refractivity contribution in [3.63, 3.8) is 0 Å². The van der Waals surface area contributed by atoms with Crippen molar-refractivity contribution in [2.24, 2.45) is 11.7 Å². The molecule has 3 nitrogen and oxygen atoms in total. The molecule has 1 atom stereocenters. The number of carbonyl (C=O) groups is 1. The van der Waals surface area contributed by atoms with Crippen molar-refractivity contribution < 1.29 is 4.79 Å². The van der Waals surface area contributed by atoms with E-state index in [0.29, 0.717) is 0 Å². The maximum atomic E-state index is 10.8. The van der Waals surface area contributed by atoms with Gasteiger partial charge in [0.2, 0.25) is 5.91 Å². The zero-order chi connectivity index (χ0) is 8.97. The van der Waals surface area contributed by atoms with Crippen LogP contribution in [0.5, 0.6) is 0 Å². The lowest BCUT2D eigenvalue weighted by molar-refractivity contribution is -0.121. The molecule has 1 rings (SSSR count). The van der Waals surface area contributed by atoms with Crippen LogP contribution < -0.4 is 11.1 Å². The fraction of sp³-hybridized carbons (Fsp3) is 0.667. The summed E-state index contributed by atoms with van der Waals surface area (Å²) in [6.07, 6.45) is 4.04. The predicted octanol–water partition coefficient (Wildman–Crippen LogP) is 0.418. The SMILES string of the molecule is CC(CC1=CCNCC1)C(N)=O. The van der Waals surface area contributed by atoms with Crippen molar-refractivity contribution >= 4 is 5.91 Å². The highest BCUT2D eigenvalue weighted by Crippen LogP contribution is 2.15. The smallest absolute Gasteiger partial charge is 0.220 e. The van der Waals surface area contributed by atoms with Crippen LogP contribution in [0.3, 0.4) is 0 Å². The van der Waals surface area contributed by atoms with Crippen molar-refractivity contribution in [1.82, 2.24) is 5.32 Å². The molecule has 0 aliphatic carbocycles. The fourth-order valence-corrected chi connectivity index (χ4v) is 1.35. The third-order valence-corrected chi connectivity index (χ3v) is 2.21. The van der Waals surface area contributed by atoms with Gasteiger partial charge in [0.1, 0.15) is 0 Å². The molecule has 0 aromatic carbocycles. The van der Waals surface area contributed by atoms with Gasteiger partial charge in [-0.2, -0.15) is 0 Å². The Morgan fingerprint density at radius 2 is 2.58 bits per heavy atom. The molecule has 68 valence electrons. The Bertz CT molecular complexity index is 199. The molecule has 0 aromatic rings. The minimum Gasteiger partial charge on any atom is -0.369 e. The molecule has 0 saturated heterocycles. The number of rotatable bonds is 3. The lowest BCUT2D eigenvalue weighted by atomic mass is 9.97. The molecule has 0 bridgehead atoms. The summed E-state index contributed by atoms with van der Waals surface area (Å²) in [7, 11) is 0. The van der Waals surface area contributed by atoms with Gasteiger partial charge in [0.15, 0.2) is 0 Å². The molecule has 3 N–H and O–H groups in total. The summed E-state index contributed by atoms with van der Waals surface area (Å²) < 4.78 is 0. The van der Waals surface area contributed by atoms with Crippen LogP contribution in [0.15, 0.2) is 11.6 Å². The summed E-state index contributed by atoms with van der Waals surface area (Å²) in [6, 6.07) is 0. The highest BCUT2D eigenvalue weighted by Gasteiger charge is 2.12. The van der Waals surface area contributed by atoms with Gasteiger partial charge in [0.05, 0.1) is 0 Å². The van der Waals surface area contributed by atoms with Gasteiger partial charge in [-0.3, -0.25) is 4.79 Å². The minimum absolute atomic E-state index is 0.0191. The van der Waals surface area contributed by atoms with Crippen LogP contribution >= 0.6 is 0 Å². The van der Waals surface area contributed by atoms with E-state index in [1.807, 2.05) is 6.92 Å². The van der Waals surface area contributed by atoms with Gasteiger partial charge in [0.25, 0.3) is 0 Å². The van der Waals surface area contributed by atoms with Crippen molar-refractivity contribution in [2.45, 2.75) is 19.8 Å². The van der Waals surface area contributed by atoms with Gasteiger partial charge in [0, 0.05) is 12.5 Å². The monoisotopic (exact) mass is 168 g/mol. The molecular formula is C9H16N2O. The van der Waals surface area contributed by atoms with Crippen LogP contribution in [0.1, 0.15) is 19.8 Å². The fourth-order valence-electron chi connectivity index (χ4n) is 1.35. The number of amides is 1. The molecule has 1 amide bonds. The number of carbonyl (C=O) groups excluding carboxylic acids is 1. The lowest BCUT2D eigenvalue weighted by Crippen LogP contribution is -2.24. The van der Waals surface area contributed by atoms with Gasteiger partial charge in [-0.1, -0.05) is 18.6 Å². The van der Waals surface area contributed by atoms with E-state index in [0.717, 1.165) is 25.9 Å². The number of hydrogen-bond donors (Lipinski definition) is 2. The van der Waals surface area contributed by atoms with E-state index >= 15 is 0 Å². The van der Waals surface area contributed by atoms with E-state index in [1.54, 1.807) is 0 Å². The largest absolute Gasteiger partial charge is 0.369 e. The number of primary amides is 1. The summed E-state index contributed by atoms with van der Waals surface area (Å²) in [4.78, 5) is 10.8. The number of nitrogens with one attached hydrogen (secondary N) is 1. The summed E-state index contributed by atoms with van der Waals surface area (Å²) in [5.74, 6) is -0.219. The summed E-state index contributed by atoms with van der Waals surface area (Å²) >= 11 is 0. The van der Waals surface area contributed by atoms with Crippen LogP contribution in [-0.4, -0.2) is 19.0 Å². The van der Waals surface area contributed by atoms with Gasteiger partial charge in [-0.05, 0) is 19.4 Å². The van der Waals surface area contributed by atoms with Crippen LogP contribution in [0.2, 0.25) is 0 Å². The Hall–Kier alpha value is -0.830. The summed E-state index contributed by atoms with van der Waals surface area (Å²) in [5.41, 5.74) is 6.53. The molecule has 1 unspecified atom stereocenters. The van der Waals surface area contributed by atoms with Crippen molar-refractivity contribution in [3.8, 4) is 0 Å². The summed E-state index contributed by atoms with van der Waals surface area (Å²) in [5, 5.41) is 3.22. The van der Waals surface area contributed by atoms with Crippen LogP contribution in [0, 0.1) is 5.92 Å². The first-order valence-electron chi connectivity index (χ1n) is 4.38. The van der Waals surface area contributed by atoms with E-state index < -0.39 is 0 Å². The molecule has 0 aromatic heterocycles. The average molecular weight is 168 g/mol. The van der Waals surface area contributed by atoms with Gasteiger partial charge in [-0.25, -0.2) is 0 Å². The Balaban J connectivity index is 2.39. The Morgan fingerprint density at radius 1 is 1.83 bits per heavy atom. The van der Waals surface area contributed by atoms with Crippen molar-refractivity contribution in [2.75, 3.05) is 13.1 Å². The maximum Gasteiger partial charge on any atom is 0.220 e. The Kier molecular flexibility index (Phi) is 3.29. The molecule has 0 fully saturated rings. The first kappa shape index (κ1) is 9.26. The zero-order valence-corrected chi connectivity index (χ0v) is 7.47. The van der Waals surface area contributed by atoms with E-state index in [9.17, 15) is 4.79 Å². The third kappa shape index (κ3) is 2.66. The van der Waals surface area contributed by atoms with Crippen LogP contribution in [0.4, 0.5) is 0 Å². The standard InChI is InChI=1S/C9H16N2O/c1-7(9(10)12)6-8-2-4-11-5-3-8/h2,7,11H,3-6H2,1H3,(H2,10,12). The number of hydrogen-bond acceptors (Lipinski definition) is 2. The van der Waals surface area contributed by atoms with Gasteiger partial charge >= 0.3 is 0 Å². The van der Waals surface area contributed by atoms with E-state index in [4.69, 9.17) is 5.73 Å². The first-order chi connectivity index (χ1) is 5.70. The minimum atomic E-state index is -0.200. The Morgan fingerprint density at radius 3 is 3.08 bits per heavy atom. The second-order valence-electron chi connectivity index (χ2n) is 3.32. The van der Waals surface area contributed by atoms with E-state index in [1.165, 1.54) is 5.57 Å². The van der Waals surface area contributed by atoms with Crippen LogP contribution in [0.25, 0.3) is 0 Å². The molecule has 3 heteroatoms. The maximum absolute atomic E-state index is 10.8. The molecule has 1 heterocycles. The van der Waals surface area contributed by atoms with Gasteiger partial charge < -0.3 is 11.1 Å². The molecule has 0 spiro atoms. The molecule has 0 radical (unpaired) electrons. The first-order valence-corrected chi connectivity index (χ1v) is 4.38. The zero-order valence-electron chi connectivity index (χ0n) is 7.47. The second-order valence-corrected chi connectivity index (χ2v) is 3.32. The van der Waals surface area contributed by atoms with Crippen molar-refractivity contribution in [1.29, 1.82) is 0 Å². The topological polar surface area (TPSA) is 55.1 Å². The highest BCUT2D eigenvalue weighted by atomic mass is 16.1. The molecule has 1 aliphatic heterocycles. The quantitative estimate of drug-likeness (QED) is 0.600. The second kappa shape index (κ2) is 4.26. The number of nitrogens with two attached hydrogens (primary N) is 1. The van der Waals surface area contributed by atoms with E-state index in [2.05, 4.69) is 11.4 Å².